The van der Waals surface area contributed by atoms with Gasteiger partial charge in [-0.3, -0.25) is 0 Å². The van der Waals surface area contributed by atoms with E-state index < -0.39 is 0 Å². The highest BCUT2D eigenvalue weighted by molar-refractivity contribution is 5.49. The highest BCUT2D eigenvalue weighted by atomic mass is 14.9. The zero-order chi connectivity index (χ0) is 19.3. The molecule has 2 rings (SSSR count). The van der Waals surface area contributed by atoms with Crippen molar-refractivity contribution in [3.05, 3.63) is 29.3 Å². The molecule has 0 amide bonds. The Morgan fingerprint density at radius 3 is 2.19 bits per heavy atom. The molecule has 1 aliphatic rings. The van der Waals surface area contributed by atoms with E-state index >= 15 is 0 Å². The summed E-state index contributed by atoms with van der Waals surface area (Å²) < 4.78 is 0. The molecular weight excluding hydrogens is 326 g/mol. The number of hydrogen-bond donors (Lipinski definition) is 1. The van der Waals surface area contributed by atoms with Crippen molar-refractivity contribution in [2.75, 3.05) is 11.9 Å². The Bertz CT molecular complexity index is 499. The molecular formula is C26H45N. The third kappa shape index (κ3) is 8.28. The van der Waals surface area contributed by atoms with Crippen LogP contribution in [0.15, 0.2) is 18.2 Å². The molecule has 1 aromatic rings. The Balaban J connectivity index is 1.70. The van der Waals surface area contributed by atoms with Crippen LogP contribution in [-0.2, 0) is 0 Å². The van der Waals surface area contributed by atoms with Crippen molar-refractivity contribution in [2.24, 2.45) is 5.92 Å². The first kappa shape index (κ1) is 22.3. The average molecular weight is 372 g/mol. The van der Waals surface area contributed by atoms with Crippen LogP contribution in [0, 0.1) is 12.8 Å². The molecule has 1 nitrogen and oxygen atoms in total. The van der Waals surface area contributed by atoms with Gasteiger partial charge in [0, 0.05) is 12.2 Å². The van der Waals surface area contributed by atoms with Crippen LogP contribution >= 0.6 is 0 Å². The predicted octanol–water partition coefficient (Wildman–Crippen LogP) is 8.62. The van der Waals surface area contributed by atoms with Crippen molar-refractivity contribution < 1.29 is 0 Å². The fourth-order valence-electron chi connectivity index (χ4n) is 4.83. The van der Waals surface area contributed by atoms with Gasteiger partial charge in [0.05, 0.1) is 0 Å². The van der Waals surface area contributed by atoms with Gasteiger partial charge in [0.2, 0.25) is 0 Å². The van der Waals surface area contributed by atoms with Crippen molar-refractivity contribution in [3.63, 3.8) is 0 Å². The van der Waals surface area contributed by atoms with E-state index in [4.69, 9.17) is 0 Å². The first-order chi connectivity index (χ1) is 13.2. The lowest BCUT2D eigenvalue weighted by Crippen LogP contribution is -2.14. The van der Waals surface area contributed by atoms with E-state index in [-0.39, 0.29) is 0 Å². The summed E-state index contributed by atoms with van der Waals surface area (Å²) >= 11 is 0. The maximum Gasteiger partial charge on any atom is 0.0343 e. The number of benzene rings is 1. The van der Waals surface area contributed by atoms with Crippen molar-refractivity contribution in [3.8, 4) is 0 Å². The van der Waals surface area contributed by atoms with Crippen LogP contribution in [0.5, 0.6) is 0 Å². The molecule has 0 heterocycles. The normalized spacial score (nSPS) is 20.0. The van der Waals surface area contributed by atoms with E-state index in [9.17, 15) is 0 Å². The van der Waals surface area contributed by atoms with Gasteiger partial charge in [0.1, 0.15) is 0 Å². The van der Waals surface area contributed by atoms with Crippen molar-refractivity contribution in [2.45, 2.75) is 117 Å². The molecule has 1 saturated carbocycles. The molecule has 1 fully saturated rings. The zero-order valence-corrected chi connectivity index (χ0v) is 18.5. The quantitative estimate of drug-likeness (QED) is 0.342. The molecule has 0 spiro atoms. The van der Waals surface area contributed by atoms with Crippen molar-refractivity contribution >= 4 is 5.69 Å². The minimum absolute atomic E-state index is 0.806. The Kier molecular flexibility index (Phi) is 10.9. The molecule has 0 aromatic heterocycles. The molecule has 1 N–H and O–H groups in total. The second-order valence-electron chi connectivity index (χ2n) is 8.98. The fourth-order valence-corrected chi connectivity index (χ4v) is 4.83. The molecule has 0 unspecified atom stereocenters. The zero-order valence-electron chi connectivity index (χ0n) is 18.5. The van der Waals surface area contributed by atoms with Gasteiger partial charge in [-0.2, -0.15) is 0 Å². The maximum atomic E-state index is 3.64. The summed E-state index contributed by atoms with van der Waals surface area (Å²) in [5, 5.41) is 3.64. The van der Waals surface area contributed by atoms with E-state index in [2.05, 4.69) is 44.3 Å². The van der Waals surface area contributed by atoms with E-state index in [1.807, 2.05) is 0 Å². The van der Waals surface area contributed by atoms with Crippen molar-refractivity contribution in [1.29, 1.82) is 0 Å². The van der Waals surface area contributed by atoms with Gasteiger partial charge in [-0.1, -0.05) is 77.7 Å². The van der Waals surface area contributed by atoms with E-state index in [0.29, 0.717) is 0 Å². The van der Waals surface area contributed by atoms with Gasteiger partial charge in [-0.25, -0.2) is 0 Å². The summed E-state index contributed by atoms with van der Waals surface area (Å²) in [4.78, 5) is 0. The van der Waals surface area contributed by atoms with E-state index in [1.54, 1.807) is 5.56 Å². The number of anilines is 1. The number of aryl methyl sites for hydroxylation is 1. The van der Waals surface area contributed by atoms with Gasteiger partial charge in [-0.05, 0) is 74.1 Å². The van der Waals surface area contributed by atoms with Crippen LogP contribution in [0.25, 0.3) is 0 Å². The summed E-state index contributed by atoms with van der Waals surface area (Å²) in [6, 6.07) is 7.13. The lowest BCUT2D eigenvalue weighted by atomic mass is 9.76. The molecule has 27 heavy (non-hydrogen) atoms. The largest absolute Gasteiger partial charge is 0.385 e. The van der Waals surface area contributed by atoms with E-state index in [0.717, 1.165) is 18.4 Å². The maximum absolute atomic E-state index is 3.64. The summed E-state index contributed by atoms with van der Waals surface area (Å²) in [5.74, 6) is 1.81. The molecule has 0 atom stereocenters. The Morgan fingerprint density at radius 1 is 0.815 bits per heavy atom. The minimum Gasteiger partial charge on any atom is -0.385 e. The third-order valence-corrected chi connectivity index (χ3v) is 6.63. The highest BCUT2D eigenvalue weighted by Crippen LogP contribution is 2.39. The fraction of sp³-hybridized carbons (Fsp3) is 0.769. The lowest BCUT2D eigenvalue weighted by molar-refractivity contribution is 0.302. The topological polar surface area (TPSA) is 12.0 Å². The van der Waals surface area contributed by atoms with Crippen LogP contribution in [-0.4, -0.2) is 6.54 Å². The minimum atomic E-state index is 0.806. The van der Waals surface area contributed by atoms with Gasteiger partial charge in [0.25, 0.3) is 0 Å². The third-order valence-electron chi connectivity index (χ3n) is 6.63. The smallest absolute Gasteiger partial charge is 0.0343 e. The van der Waals surface area contributed by atoms with Crippen LogP contribution in [0.2, 0.25) is 0 Å². The number of hydrogen-bond acceptors (Lipinski definition) is 1. The Morgan fingerprint density at radius 2 is 1.48 bits per heavy atom. The van der Waals surface area contributed by atoms with Crippen LogP contribution < -0.4 is 5.32 Å². The van der Waals surface area contributed by atoms with Gasteiger partial charge in [0.15, 0.2) is 0 Å². The van der Waals surface area contributed by atoms with Crippen LogP contribution in [0.3, 0.4) is 0 Å². The highest BCUT2D eigenvalue weighted by Gasteiger charge is 2.23. The first-order valence-corrected chi connectivity index (χ1v) is 12.1. The molecule has 0 bridgehead atoms. The van der Waals surface area contributed by atoms with Gasteiger partial charge < -0.3 is 5.32 Å². The predicted molar refractivity (Wildman–Crippen MR) is 122 cm³/mol. The lowest BCUT2D eigenvalue weighted by Gasteiger charge is -2.30. The number of nitrogens with one attached hydrogen (secondary N) is 1. The molecule has 1 aromatic carbocycles. The SMILES string of the molecule is CCCCCCCCNc1ccc(C2CCC(CCCCC)CC2)c(C)c1. The average Bonchev–Trinajstić information content (AvgIpc) is 2.68. The summed E-state index contributed by atoms with van der Waals surface area (Å²) in [7, 11) is 0. The summed E-state index contributed by atoms with van der Waals surface area (Å²) in [6.45, 7) is 8.03. The molecule has 0 aliphatic heterocycles. The number of rotatable bonds is 13. The second-order valence-corrected chi connectivity index (χ2v) is 8.98. The summed E-state index contributed by atoms with van der Waals surface area (Å²) in [6.07, 6.45) is 19.6. The standard InChI is InChI=1S/C26H45N/c1-4-6-8-9-10-12-20-27-25-18-19-26(22(3)21-25)24-16-14-23(15-17-24)13-11-7-5-2/h18-19,21,23-24,27H,4-17,20H2,1-3H3. The first-order valence-electron chi connectivity index (χ1n) is 12.1. The molecule has 0 radical (unpaired) electrons. The molecule has 1 heteroatoms. The van der Waals surface area contributed by atoms with Crippen LogP contribution in [0.1, 0.15) is 121 Å². The Hall–Kier alpha value is -0.980. The number of unbranched alkanes of at least 4 members (excludes halogenated alkanes) is 7. The van der Waals surface area contributed by atoms with Crippen LogP contribution in [0.4, 0.5) is 5.69 Å². The van der Waals surface area contributed by atoms with Gasteiger partial charge >= 0.3 is 0 Å². The molecule has 154 valence electrons. The molecule has 1 aliphatic carbocycles. The molecule has 0 saturated heterocycles. The Labute approximate surface area is 169 Å². The van der Waals surface area contributed by atoms with Crippen molar-refractivity contribution in [1.82, 2.24) is 0 Å². The van der Waals surface area contributed by atoms with E-state index in [1.165, 1.54) is 101 Å². The second kappa shape index (κ2) is 13.2. The monoisotopic (exact) mass is 371 g/mol. The van der Waals surface area contributed by atoms with Gasteiger partial charge in [-0.15, -0.1) is 0 Å². The summed E-state index contributed by atoms with van der Waals surface area (Å²) in [5.41, 5.74) is 4.43.